The molecule has 1 fully saturated rings. The van der Waals surface area contributed by atoms with E-state index in [1.54, 1.807) is 0 Å². The second-order valence-electron chi connectivity index (χ2n) is 5.49. The molecule has 0 aromatic heterocycles. The highest BCUT2D eigenvalue weighted by Gasteiger charge is 2.20. The molecule has 2 nitrogen and oxygen atoms in total. The first-order chi connectivity index (χ1) is 7.11. The molecule has 0 bridgehead atoms. The fourth-order valence-corrected chi connectivity index (χ4v) is 2.44. The molecule has 0 aromatic rings. The third-order valence-electron chi connectivity index (χ3n) is 3.44. The van der Waals surface area contributed by atoms with E-state index in [4.69, 9.17) is 0 Å². The molecule has 0 radical (unpaired) electrons. The van der Waals surface area contributed by atoms with Crippen molar-refractivity contribution < 1.29 is 0 Å². The Balaban J connectivity index is 2.18. The standard InChI is InChI=1S/C13H28N2/c1-5-14(4)11-13-6-8-15(9-7-13)10-12(2)3/h12-13H,5-11H2,1-4H3. The van der Waals surface area contributed by atoms with Gasteiger partial charge < -0.3 is 9.80 Å². The lowest BCUT2D eigenvalue weighted by Gasteiger charge is -2.34. The van der Waals surface area contributed by atoms with Crippen LogP contribution in [0.25, 0.3) is 0 Å². The van der Waals surface area contributed by atoms with Gasteiger partial charge in [-0.15, -0.1) is 0 Å². The second kappa shape index (κ2) is 6.49. The van der Waals surface area contributed by atoms with Crippen molar-refractivity contribution in [2.75, 3.05) is 39.8 Å². The van der Waals surface area contributed by atoms with Crippen molar-refractivity contribution in [3.05, 3.63) is 0 Å². The van der Waals surface area contributed by atoms with E-state index in [0.717, 1.165) is 11.8 Å². The molecule has 1 rings (SSSR count). The molecule has 0 unspecified atom stereocenters. The van der Waals surface area contributed by atoms with Gasteiger partial charge in [0.2, 0.25) is 0 Å². The summed E-state index contributed by atoms with van der Waals surface area (Å²) in [6.45, 7) is 13.3. The van der Waals surface area contributed by atoms with Gasteiger partial charge in [0.05, 0.1) is 0 Å². The Morgan fingerprint density at radius 1 is 1.27 bits per heavy atom. The third kappa shape index (κ3) is 4.98. The number of nitrogens with zero attached hydrogens (tertiary/aromatic N) is 2. The van der Waals surface area contributed by atoms with E-state index >= 15 is 0 Å². The van der Waals surface area contributed by atoms with Gasteiger partial charge in [-0.3, -0.25) is 0 Å². The zero-order chi connectivity index (χ0) is 11.3. The van der Waals surface area contributed by atoms with Crippen molar-refractivity contribution in [2.45, 2.75) is 33.6 Å². The minimum Gasteiger partial charge on any atom is -0.306 e. The van der Waals surface area contributed by atoms with Crippen LogP contribution in [0.1, 0.15) is 33.6 Å². The van der Waals surface area contributed by atoms with E-state index in [9.17, 15) is 0 Å². The average molecular weight is 212 g/mol. The van der Waals surface area contributed by atoms with Crippen LogP contribution >= 0.6 is 0 Å². The van der Waals surface area contributed by atoms with Crippen molar-refractivity contribution in [2.24, 2.45) is 11.8 Å². The van der Waals surface area contributed by atoms with Gasteiger partial charge in [-0.25, -0.2) is 0 Å². The summed E-state index contributed by atoms with van der Waals surface area (Å²) in [6, 6.07) is 0. The monoisotopic (exact) mass is 212 g/mol. The first kappa shape index (κ1) is 13.0. The Bertz CT molecular complexity index is 160. The van der Waals surface area contributed by atoms with E-state index in [1.165, 1.54) is 45.6 Å². The summed E-state index contributed by atoms with van der Waals surface area (Å²) in [4.78, 5) is 5.08. The van der Waals surface area contributed by atoms with Crippen molar-refractivity contribution in [3.8, 4) is 0 Å². The molecule has 1 aliphatic heterocycles. The Hall–Kier alpha value is -0.0800. The Morgan fingerprint density at radius 3 is 2.33 bits per heavy atom. The fourth-order valence-electron chi connectivity index (χ4n) is 2.44. The minimum atomic E-state index is 0.819. The minimum absolute atomic E-state index is 0.819. The molecule has 0 saturated carbocycles. The SMILES string of the molecule is CCN(C)CC1CCN(CC(C)C)CC1. The van der Waals surface area contributed by atoms with E-state index in [-0.39, 0.29) is 0 Å². The van der Waals surface area contributed by atoms with E-state index < -0.39 is 0 Å². The van der Waals surface area contributed by atoms with Gasteiger partial charge in [-0.2, -0.15) is 0 Å². The lowest BCUT2D eigenvalue weighted by molar-refractivity contribution is 0.145. The molecule has 0 atom stereocenters. The van der Waals surface area contributed by atoms with Crippen LogP contribution in [0.4, 0.5) is 0 Å². The zero-order valence-electron chi connectivity index (χ0n) is 11.0. The summed E-state index contributed by atoms with van der Waals surface area (Å²) >= 11 is 0. The number of hydrogen-bond acceptors (Lipinski definition) is 2. The number of rotatable bonds is 5. The first-order valence-corrected chi connectivity index (χ1v) is 6.52. The molecule has 1 aliphatic rings. The Morgan fingerprint density at radius 2 is 1.87 bits per heavy atom. The van der Waals surface area contributed by atoms with Crippen LogP contribution in [-0.2, 0) is 0 Å². The Kier molecular flexibility index (Phi) is 5.62. The molecule has 0 N–H and O–H groups in total. The van der Waals surface area contributed by atoms with Gasteiger partial charge >= 0.3 is 0 Å². The molecular weight excluding hydrogens is 184 g/mol. The average Bonchev–Trinajstić information content (AvgIpc) is 2.20. The molecule has 0 spiro atoms. The molecule has 2 heteroatoms. The van der Waals surface area contributed by atoms with E-state index in [0.29, 0.717) is 0 Å². The maximum atomic E-state index is 2.63. The summed E-state index contributed by atoms with van der Waals surface area (Å²) in [7, 11) is 2.24. The molecule has 15 heavy (non-hydrogen) atoms. The third-order valence-corrected chi connectivity index (χ3v) is 3.44. The topological polar surface area (TPSA) is 6.48 Å². The highest BCUT2D eigenvalue weighted by atomic mass is 15.1. The van der Waals surface area contributed by atoms with Crippen molar-refractivity contribution in [1.29, 1.82) is 0 Å². The number of hydrogen-bond donors (Lipinski definition) is 0. The van der Waals surface area contributed by atoms with Gasteiger partial charge in [-0.1, -0.05) is 20.8 Å². The van der Waals surface area contributed by atoms with E-state index in [1.807, 2.05) is 0 Å². The second-order valence-corrected chi connectivity index (χ2v) is 5.49. The number of piperidine rings is 1. The van der Waals surface area contributed by atoms with Gasteiger partial charge in [0.25, 0.3) is 0 Å². The number of likely N-dealkylation sites (tertiary alicyclic amines) is 1. The smallest absolute Gasteiger partial charge is 0.000744 e. The molecule has 0 aliphatic carbocycles. The van der Waals surface area contributed by atoms with Crippen LogP contribution in [-0.4, -0.2) is 49.6 Å². The highest BCUT2D eigenvalue weighted by molar-refractivity contribution is 4.74. The molecular formula is C13H28N2. The largest absolute Gasteiger partial charge is 0.306 e. The van der Waals surface area contributed by atoms with Crippen LogP contribution in [0, 0.1) is 11.8 Å². The van der Waals surface area contributed by atoms with E-state index in [2.05, 4.69) is 37.6 Å². The lowest BCUT2D eigenvalue weighted by Crippen LogP contribution is -2.39. The fraction of sp³-hybridized carbons (Fsp3) is 1.00. The maximum absolute atomic E-state index is 2.63. The van der Waals surface area contributed by atoms with Crippen LogP contribution in [0.2, 0.25) is 0 Å². The molecule has 90 valence electrons. The summed E-state index contributed by atoms with van der Waals surface area (Å²) in [6.07, 6.45) is 2.80. The quantitative estimate of drug-likeness (QED) is 0.690. The summed E-state index contributed by atoms with van der Waals surface area (Å²) in [5, 5.41) is 0. The molecule has 1 heterocycles. The van der Waals surface area contributed by atoms with Gasteiger partial charge in [-0.05, 0) is 51.4 Å². The first-order valence-electron chi connectivity index (χ1n) is 6.52. The van der Waals surface area contributed by atoms with Crippen LogP contribution < -0.4 is 0 Å². The van der Waals surface area contributed by atoms with Crippen LogP contribution in [0.15, 0.2) is 0 Å². The summed E-state index contributed by atoms with van der Waals surface area (Å²) in [5.41, 5.74) is 0. The predicted octanol–water partition coefficient (Wildman–Crippen LogP) is 2.31. The van der Waals surface area contributed by atoms with Crippen LogP contribution in [0.3, 0.4) is 0 Å². The van der Waals surface area contributed by atoms with Gasteiger partial charge in [0, 0.05) is 13.1 Å². The maximum Gasteiger partial charge on any atom is 0.000744 e. The Labute approximate surface area is 95.6 Å². The van der Waals surface area contributed by atoms with Crippen molar-refractivity contribution >= 4 is 0 Å². The molecule has 0 aromatic carbocycles. The van der Waals surface area contributed by atoms with Gasteiger partial charge in [0.15, 0.2) is 0 Å². The summed E-state index contributed by atoms with van der Waals surface area (Å²) in [5.74, 6) is 1.76. The lowest BCUT2D eigenvalue weighted by atomic mass is 9.95. The predicted molar refractivity (Wildman–Crippen MR) is 67.2 cm³/mol. The van der Waals surface area contributed by atoms with Crippen molar-refractivity contribution in [3.63, 3.8) is 0 Å². The normalized spacial score (nSPS) is 20.4. The van der Waals surface area contributed by atoms with Gasteiger partial charge in [0.1, 0.15) is 0 Å². The van der Waals surface area contributed by atoms with Crippen molar-refractivity contribution in [1.82, 2.24) is 9.80 Å². The van der Waals surface area contributed by atoms with Crippen LogP contribution in [0.5, 0.6) is 0 Å². The molecule has 0 amide bonds. The molecule has 1 saturated heterocycles. The summed E-state index contributed by atoms with van der Waals surface area (Å²) < 4.78 is 0. The zero-order valence-corrected chi connectivity index (χ0v) is 11.0. The highest BCUT2D eigenvalue weighted by Crippen LogP contribution is 2.18.